The van der Waals surface area contributed by atoms with Gasteiger partial charge in [-0.2, -0.15) is 5.39 Å². The molecule has 1 heterocycles. The first-order chi connectivity index (χ1) is 6.72. The van der Waals surface area contributed by atoms with Crippen LogP contribution in [0.1, 0.15) is 13.3 Å². The second-order valence-electron chi connectivity index (χ2n) is 3.45. The van der Waals surface area contributed by atoms with Crippen molar-refractivity contribution in [3.05, 3.63) is 34.6 Å². The van der Waals surface area contributed by atoms with Crippen LogP contribution in [0.4, 0.5) is 5.69 Å². The van der Waals surface area contributed by atoms with E-state index in [4.69, 9.17) is 5.73 Å². The van der Waals surface area contributed by atoms with Crippen molar-refractivity contribution in [2.75, 3.05) is 5.73 Å². The van der Waals surface area contributed by atoms with Gasteiger partial charge < -0.3 is 10.3 Å². The van der Waals surface area contributed by atoms with Gasteiger partial charge in [-0.3, -0.25) is 4.79 Å². The molecule has 1 aromatic carbocycles. The van der Waals surface area contributed by atoms with Crippen molar-refractivity contribution in [1.29, 1.82) is 0 Å². The monoisotopic (exact) mass is 245 g/mol. The van der Waals surface area contributed by atoms with Gasteiger partial charge >= 0.3 is 0 Å². The standard InChI is InChI=1S/C11H13N2O.Fe/c1-2-5-13-10-4-3-9(12)6-8(10)7-11(13)14;/h3-4,6-7H,2,5,12H2,1H3;/q-1;. The molecule has 4 heteroatoms. The average Bonchev–Trinajstić information content (AvgIpc) is 2.43. The van der Waals surface area contributed by atoms with Crippen LogP contribution in [0.5, 0.6) is 0 Å². The first kappa shape index (κ1) is 12.0. The van der Waals surface area contributed by atoms with Gasteiger partial charge in [0.15, 0.2) is 5.56 Å². The second kappa shape index (κ2) is 4.60. The van der Waals surface area contributed by atoms with Crippen LogP contribution in [0.2, 0.25) is 0 Å². The molecule has 0 aliphatic heterocycles. The molecule has 1 aromatic heterocycles. The fourth-order valence-corrected chi connectivity index (χ4v) is 1.72. The minimum absolute atomic E-state index is 0. The van der Waals surface area contributed by atoms with Crippen LogP contribution in [0.3, 0.4) is 0 Å². The molecule has 0 saturated carbocycles. The Balaban J connectivity index is 0.00000112. The molecule has 2 rings (SSSR count). The summed E-state index contributed by atoms with van der Waals surface area (Å²) in [6, 6.07) is 7.21. The largest absolute Gasteiger partial charge is 0.409 e. The van der Waals surface area contributed by atoms with Gasteiger partial charge in [0, 0.05) is 23.6 Å². The smallest absolute Gasteiger partial charge is 0.185 e. The van der Waals surface area contributed by atoms with Crippen LogP contribution < -0.4 is 11.3 Å². The van der Waals surface area contributed by atoms with Gasteiger partial charge in [-0.05, 0) is 12.1 Å². The Bertz CT molecular complexity index is 513. The number of anilines is 1. The normalized spacial score (nSPS) is 10.2. The number of nitrogens with zero attached hydrogens (tertiary/aromatic N) is 1. The van der Waals surface area contributed by atoms with Crippen molar-refractivity contribution in [3.63, 3.8) is 0 Å². The molecular weight excluding hydrogens is 232 g/mol. The van der Waals surface area contributed by atoms with Gasteiger partial charge in [0.05, 0.1) is 0 Å². The molecule has 82 valence electrons. The number of nitrogen functional groups attached to an aromatic ring is 1. The maximum atomic E-state index is 11.6. The molecule has 0 bridgehead atoms. The van der Waals surface area contributed by atoms with Crippen LogP contribution in [0.15, 0.2) is 29.1 Å². The van der Waals surface area contributed by atoms with E-state index in [2.05, 4.69) is 6.92 Å². The molecule has 0 spiro atoms. The Morgan fingerprint density at radius 3 is 2.87 bits per heavy atom. The molecule has 0 fully saturated rings. The van der Waals surface area contributed by atoms with Crippen LogP contribution >= 0.6 is 0 Å². The number of hydrogen-bond acceptors (Lipinski definition) is 2. The zero-order valence-corrected chi connectivity index (χ0v) is 9.61. The van der Waals surface area contributed by atoms with Crippen LogP contribution in [0.25, 0.3) is 10.9 Å². The van der Waals surface area contributed by atoms with E-state index in [1.54, 1.807) is 10.6 Å². The van der Waals surface area contributed by atoms with E-state index in [-0.39, 0.29) is 22.6 Å². The zero-order chi connectivity index (χ0) is 10.1. The molecule has 2 N–H and O–H groups in total. The van der Waals surface area contributed by atoms with Crippen molar-refractivity contribution in [2.45, 2.75) is 19.9 Å². The van der Waals surface area contributed by atoms with Gasteiger partial charge in [-0.1, -0.05) is 30.6 Å². The summed E-state index contributed by atoms with van der Waals surface area (Å²) in [6.07, 6.45) is 0.962. The average molecular weight is 245 g/mol. The van der Waals surface area contributed by atoms with Gasteiger partial charge in [-0.15, -0.1) is 6.07 Å². The van der Waals surface area contributed by atoms with E-state index in [1.165, 1.54) is 0 Å². The van der Waals surface area contributed by atoms with E-state index in [9.17, 15) is 4.79 Å². The molecular formula is C11H13FeN2O-. The molecule has 0 saturated heterocycles. The van der Waals surface area contributed by atoms with Crippen molar-refractivity contribution < 1.29 is 17.1 Å². The van der Waals surface area contributed by atoms with Crippen molar-refractivity contribution in [2.24, 2.45) is 0 Å². The summed E-state index contributed by atoms with van der Waals surface area (Å²) in [7, 11) is 0. The van der Waals surface area contributed by atoms with Gasteiger partial charge in [0.25, 0.3) is 0 Å². The van der Waals surface area contributed by atoms with E-state index in [0.717, 1.165) is 23.9 Å². The Morgan fingerprint density at radius 1 is 1.47 bits per heavy atom. The second-order valence-corrected chi connectivity index (χ2v) is 3.45. The van der Waals surface area contributed by atoms with E-state index in [0.29, 0.717) is 5.69 Å². The number of aromatic nitrogens is 1. The third-order valence-electron chi connectivity index (χ3n) is 2.33. The minimum atomic E-state index is 0. The van der Waals surface area contributed by atoms with Crippen molar-refractivity contribution in [1.82, 2.24) is 4.57 Å². The molecule has 0 atom stereocenters. The SMILES string of the molecule is CCCn1c(=O)[cH-]c2cc(N)ccc21.[Fe]. The summed E-state index contributed by atoms with van der Waals surface area (Å²) >= 11 is 0. The number of rotatable bonds is 2. The molecule has 0 aliphatic carbocycles. The van der Waals surface area contributed by atoms with Crippen molar-refractivity contribution >= 4 is 16.6 Å². The number of nitrogens with two attached hydrogens (primary N) is 1. The molecule has 0 aliphatic rings. The Labute approximate surface area is 98.7 Å². The molecule has 0 unspecified atom stereocenters. The maximum Gasteiger partial charge on any atom is 0.185 e. The Kier molecular flexibility index (Phi) is 3.66. The number of aryl methyl sites for hydroxylation is 1. The Morgan fingerprint density at radius 2 is 2.20 bits per heavy atom. The number of fused-ring (bicyclic) bond motifs is 1. The van der Waals surface area contributed by atoms with Crippen LogP contribution in [0, 0.1) is 0 Å². The predicted octanol–water partition coefficient (Wildman–Crippen LogP) is 1.71. The molecule has 0 radical (unpaired) electrons. The van der Waals surface area contributed by atoms with Gasteiger partial charge in [0.2, 0.25) is 0 Å². The summed E-state index contributed by atoms with van der Waals surface area (Å²) in [5, 5.41) is 0.934. The fraction of sp³-hybridized carbons (Fsp3) is 0.273. The Hall–Kier alpha value is -1.12. The molecule has 3 nitrogen and oxygen atoms in total. The topological polar surface area (TPSA) is 48.0 Å². The molecule has 2 aromatic rings. The molecule has 0 amide bonds. The third-order valence-corrected chi connectivity index (χ3v) is 2.33. The van der Waals surface area contributed by atoms with E-state index in [1.807, 2.05) is 18.2 Å². The maximum absolute atomic E-state index is 11.6. The van der Waals surface area contributed by atoms with Gasteiger partial charge in [0.1, 0.15) is 0 Å². The van der Waals surface area contributed by atoms with Crippen molar-refractivity contribution in [3.8, 4) is 0 Å². The third kappa shape index (κ3) is 2.11. The summed E-state index contributed by atoms with van der Waals surface area (Å²) < 4.78 is 1.79. The van der Waals surface area contributed by atoms with E-state index >= 15 is 0 Å². The van der Waals surface area contributed by atoms with E-state index < -0.39 is 0 Å². The quantitative estimate of drug-likeness (QED) is 0.497. The predicted molar refractivity (Wildman–Crippen MR) is 58.5 cm³/mol. The summed E-state index contributed by atoms with van der Waals surface area (Å²) in [6.45, 7) is 2.83. The van der Waals surface area contributed by atoms with Crippen LogP contribution in [-0.4, -0.2) is 4.57 Å². The van der Waals surface area contributed by atoms with Gasteiger partial charge in [-0.25, -0.2) is 0 Å². The number of benzene rings is 1. The summed E-state index contributed by atoms with van der Waals surface area (Å²) in [4.78, 5) is 11.6. The zero-order valence-electron chi connectivity index (χ0n) is 8.51. The fourth-order valence-electron chi connectivity index (χ4n) is 1.72. The molecule has 15 heavy (non-hydrogen) atoms. The minimum Gasteiger partial charge on any atom is -0.409 e. The first-order valence-corrected chi connectivity index (χ1v) is 4.78. The first-order valence-electron chi connectivity index (χ1n) is 4.78. The number of hydrogen-bond donors (Lipinski definition) is 1. The van der Waals surface area contributed by atoms with Crippen LogP contribution in [-0.2, 0) is 23.6 Å². The summed E-state index contributed by atoms with van der Waals surface area (Å²) in [5.74, 6) is 0. The summed E-state index contributed by atoms with van der Waals surface area (Å²) in [5.41, 5.74) is 7.39.